The van der Waals surface area contributed by atoms with Crippen LogP contribution in [0.4, 0.5) is 5.82 Å². The van der Waals surface area contributed by atoms with E-state index in [4.69, 9.17) is 10.00 Å². The van der Waals surface area contributed by atoms with Gasteiger partial charge in [0.05, 0.1) is 17.8 Å². The number of pyridine rings is 1. The van der Waals surface area contributed by atoms with Gasteiger partial charge in [-0.1, -0.05) is 0 Å². The van der Waals surface area contributed by atoms with Crippen LogP contribution in [0.5, 0.6) is 0 Å². The van der Waals surface area contributed by atoms with Crippen molar-refractivity contribution in [3.8, 4) is 6.07 Å². The van der Waals surface area contributed by atoms with Crippen LogP contribution in [0.15, 0.2) is 18.3 Å². The van der Waals surface area contributed by atoms with Crippen LogP contribution < -0.4 is 4.90 Å². The first-order valence-corrected chi connectivity index (χ1v) is 5.62. The van der Waals surface area contributed by atoms with Gasteiger partial charge in [-0.05, 0) is 25.0 Å². The first-order valence-electron chi connectivity index (χ1n) is 5.62. The zero-order valence-corrected chi connectivity index (χ0v) is 8.97. The topological polar surface area (TPSA) is 49.2 Å². The number of hydrogen-bond donors (Lipinski definition) is 0. The number of nitrogens with zero attached hydrogens (tertiary/aromatic N) is 3. The fourth-order valence-electron chi connectivity index (χ4n) is 2.44. The zero-order chi connectivity index (χ0) is 11.0. The highest BCUT2D eigenvalue weighted by Gasteiger charge is 2.34. The summed E-state index contributed by atoms with van der Waals surface area (Å²) in [6, 6.07) is 5.82. The highest BCUT2D eigenvalue weighted by Crippen LogP contribution is 2.28. The van der Waals surface area contributed by atoms with Crippen molar-refractivity contribution in [2.24, 2.45) is 0 Å². The van der Waals surface area contributed by atoms with E-state index in [-0.39, 0.29) is 0 Å². The molecule has 2 fully saturated rings. The Hall–Kier alpha value is -1.60. The molecule has 4 nitrogen and oxygen atoms in total. The monoisotopic (exact) mass is 215 g/mol. The molecule has 3 rings (SSSR count). The zero-order valence-electron chi connectivity index (χ0n) is 8.97. The maximum Gasteiger partial charge on any atom is 0.128 e. The van der Waals surface area contributed by atoms with Crippen LogP contribution >= 0.6 is 0 Å². The maximum absolute atomic E-state index is 8.71. The molecule has 16 heavy (non-hydrogen) atoms. The lowest BCUT2D eigenvalue weighted by molar-refractivity contribution is 0.0302. The molecule has 3 heterocycles. The van der Waals surface area contributed by atoms with Crippen molar-refractivity contribution in [3.63, 3.8) is 0 Å². The van der Waals surface area contributed by atoms with Crippen LogP contribution in [0.3, 0.4) is 0 Å². The molecule has 2 aliphatic heterocycles. The maximum atomic E-state index is 8.71. The van der Waals surface area contributed by atoms with Crippen molar-refractivity contribution < 1.29 is 4.74 Å². The average Bonchev–Trinajstić information content (AvgIpc) is 2.68. The van der Waals surface area contributed by atoms with Gasteiger partial charge in [0.25, 0.3) is 0 Å². The average molecular weight is 215 g/mol. The minimum atomic E-state index is 0.371. The summed E-state index contributed by atoms with van der Waals surface area (Å²) in [5.74, 6) is 0.958. The number of rotatable bonds is 1. The summed E-state index contributed by atoms with van der Waals surface area (Å²) >= 11 is 0. The summed E-state index contributed by atoms with van der Waals surface area (Å²) in [5.41, 5.74) is 0.611. The predicted molar refractivity (Wildman–Crippen MR) is 59.1 cm³/mol. The van der Waals surface area contributed by atoms with Gasteiger partial charge in [-0.25, -0.2) is 4.98 Å². The minimum absolute atomic E-state index is 0.371. The Morgan fingerprint density at radius 1 is 1.31 bits per heavy atom. The number of nitriles is 1. The van der Waals surface area contributed by atoms with Crippen molar-refractivity contribution in [3.05, 3.63) is 23.9 Å². The van der Waals surface area contributed by atoms with Crippen LogP contribution in [0.2, 0.25) is 0 Å². The van der Waals surface area contributed by atoms with Gasteiger partial charge in [0.15, 0.2) is 0 Å². The van der Waals surface area contributed by atoms with Crippen molar-refractivity contribution in [1.82, 2.24) is 4.98 Å². The standard InChI is InChI=1S/C12H13N3O/c13-5-9-1-4-12(14-6-9)15-7-10-2-3-11(8-15)16-10/h1,4,6,10-11H,2-3,7-8H2. The van der Waals surface area contributed by atoms with Crippen molar-refractivity contribution in [1.29, 1.82) is 5.26 Å². The third-order valence-electron chi connectivity index (χ3n) is 3.24. The normalized spacial score (nSPS) is 27.8. The second-order valence-electron chi connectivity index (χ2n) is 4.38. The van der Waals surface area contributed by atoms with Gasteiger partial charge in [0, 0.05) is 19.3 Å². The highest BCUT2D eigenvalue weighted by molar-refractivity contribution is 5.42. The number of fused-ring (bicyclic) bond motifs is 2. The van der Waals surface area contributed by atoms with E-state index in [1.165, 1.54) is 0 Å². The van der Waals surface area contributed by atoms with E-state index in [9.17, 15) is 0 Å². The summed E-state index contributed by atoms with van der Waals surface area (Å²) in [5, 5.41) is 8.71. The lowest BCUT2D eigenvalue weighted by atomic mass is 10.2. The number of hydrogen-bond acceptors (Lipinski definition) is 4. The molecule has 2 atom stereocenters. The van der Waals surface area contributed by atoms with Gasteiger partial charge in [-0.15, -0.1) is 0 Å². The van der Waals surface area contributed by atoms with Gasteiger partial charge in [-0.3, -0.25) is 0 Å². The molecule has 4 heteroatoms. The molecule has 2 unspecified atom stereocenters. The molecule has 0 amide bonds. The quantitative estimate of drug-likeness (QED) is 0.709. The van der Waals surface area contributed by atoms with Crippen LogP contribution in [0, 0.1) is 11.3 Å². The molecule has 0 N–H and O–H groups in total. The summed E-state index contributed by atoms with van der Waals surface area (Å²) in [6.45, 7) is 1.85. The van der Waals surface area contributed by atoms with Crippen molar-refractivity contribution in [2.45, 2.75) is 25.0 Å². The van der Waals surface area contributed by atoms with E-state index < -0.39 is 0 Å². The van der Waals surface area contributed by atoms with E-state index in [1.54, 1.807) is 6.20 Å². The van der Waals surface area contributed by atoms with Crippen molar-refractivity contribution in [2.75, 3.05) is 18.0 Å². The lowest BCUT2D eigenvalue weighted by Gasteiger charge is -2.32. The Bertz CT molecular complexity index is 411. The van der Waals surface area contributed by atoms with Crippen LogP contribution in [-0.4, -0.2) is 30.3 Å². The van der Waals surface area contributed by atoms with Gasteiger partial charge in [0.1, 0.15) is 11.9 Å². The van der Waals surface area contributed by atoms with E-state index in [0.29, 0.717) is 17.8 Å². The molecule has 2 bridgehead atoms. The van der Waals surface area contributed by atoms with Crippen LogP contribution in [-0.2, 0) is 4.74 Å². The third-order valence-corrected chi connectivity index (χ3v) is 3.24. The molecular formula is C12H13N3O. The Kier molecular flexibility index (Phi) is 2.26. The summed E-state index contributed by atoms with van der Waals surface area (Å²) < 4.78 is 5.77. The molecular weight excluding hydrogens is 202 g/mol. The molecule has 0 aliphatic carbocycles. The second-order valence-corrected chi connectivity index (χ2v) is 4.38. The highest BCUT2D eigenvalue weighted by atomic mass is 16.5. The van der Waals surface area contributed by atoms with Crippen LogP contribution in [0.25, 0.3) is 0 Å². The largest absolute Gasteiger partial charge is 0.371 e. The van der Waals surface area contributed by atoms with E-state index >= 15 is 0 Å². The predicted octanol–water partition coefficient (Wildman–Crippen LogP) is 1.32. The minimum Gasteiger partial charge on any atom is -0.371 e. The number of ether oxygens (including phenoxy) is 1. The van der Waals surface area contributed by atoms with E-state index in [2.05, 4.69) is 16.0 Å². The van der Waals surface area contributed by atoms with E-state index in [0.717, 1.165) is 31.7 Å². The molecule has 0 spiro atoms. The van der Waals surface area contributed by atoms with E-state index in [1.807, 2.05) is 12.1 Å². The molecule has 2 aliphatic rings. The third kappa shape index (κ3) is 1.63. The Morgan fingerprint density at radius 2 is 2.06 bits per heavy atom. The fraction of sp³-hybridized carbons (Fsp3) is 0.500. The van der Waals surface area contributed by atoms with Gasteiger partial charge < -0.3 is 9.64 Å². The smallest absolute Gasteiger partial charge is 0.128 e. The van der Waals surface area contributed by atoms with Gasteiger partial charge in [0.2, 0.25) is 0 Å². The summed E-state index contributed by atoms with van der Waals surface area (Å²) in [6.07, 6.45) is 4.70. The summed E-state index contributed by atoms with van der Waals surface area (Å²) in [4.78, 5) is 6.57. The molecule has 1 aromatic heterocycles. The number of morpholine rings is 1. The number of aromatic nitrogens is 1. The molecule has 82 valence electrons. The van der Waals surface area contributed by atoms with Crippen molar-refractivity contribution >= 4 is 5.82 Å². The first-order chi connectivity index (χ1) is 7.85. The molecule has 0 radical (unpaired) electrons. The Balaban J connectivity index is 1.79. The SMILES string of the molecule is N#Cc1ccc(N2CC3CCC(C2)O3)nc1. The van der Waals surface area contributed by atoms with Gasteiger partial charge in [-0.2, -0.15) is 5.26 Å². The molecule has 0 aromatic carbocycles. The molecule has 1 aromatic rings. The Labute approximate surface area is 94.5 Å². The fourth-order valence-corrected chi connectivity index (χ4v) is 2.44. The molecule has 0 saturated carbocycles. The number of anilines is 1. The first kappa shape index (κ1) is 9.61. The van der Waals surface area contributed by atoms with Crippen LogP contribution in [0.1, 0.15) is 18.4 Å². The lowest BCUT2D eigenvalue weighted by Crippen LogP contribution is -2.43. The summed E-state index contributed by atoms with van der Waals surface area (Å²) in [7, 11) is 0. The Morgan fingerprint density at radius 3 is 2.62 bits per heavy atom. The molecule has 2 saturated heterocycles. The van der Waals surface area contributed by atoms with Gasteiger partial charge >= 0.3 is 0 Å². The second kappa shape index (κ2) is 3.76.